The van der Waals surface area contributed by atoms with Crippen molar-refractivity contribution in [3.63, 3.8) is 0 Å². The molecule has 0 aromatic heterocycles. The molecule has 0 unspecified atom stereocenters. The van der Waals surface area contributed by atoms with Crippen LogP contribution in [0.1, 0.15) is 0 Å². The average molecular weight is 303 g/mol. The van der Waals surface area contributed by atoms with Crippen LogP contribution < -0.4 is 4.74 Å². The molecule has 112 valence electrons. The summed E-state index contributed by atoms with van der Waals surface area (Å²) in [5.41, 5.74) is -4.41. The molecule has 13 heteroatoms. The second kappa shape index (κ2) is 5.64. The van der Waals surface area contributed by atoms with Crippen molar-refractivity contribution in [1.82, 2.24) is 0 Å². The first-order chi connectivity index (χ1) is 9.66. The van der Waals surface area contributed by atoms with Gasteiger partial charge in [-0.2, -0.15) is 0 Å². The van der Waals surface area contributed by atoms with E-state index in [1.54, 1.807) is 0 Å². The minimum Gasteiger partial charge on any atom is -0.499 e. The summed E-state index contributed by atoms with van der Waals surface area (Å²) in [5.74, 6) is -3.84. The number of ether oxygens (including phenoxy) is 1. The lowest BCUT2D eigenvalue weighted by atomic mass is 10.2. The van der Waals surface area contributed by atoms with Crippen LogP contribution in [0.4, 0.5) is 17.1 Å². The molecular weight excluding hydrogens is 298 g/mol. The van der Waals surface area contributed by atoms with Gasteiger partial charge in [-0.25, -0.2) is 4.79 Å². The molecule has 0 saturated carbocycles. The summed E-state index contributed by atoms with van der Waals surface area (Å²) < 4.78 is 4.43. The Balaban J connectivity index is 3.64. The van der Waals surface area contributed by atoms with Crippen molar-refractivity contribution in [2.75, 3.05) is 6.61 Å². The van der Waals surface area contributed by atoms with Gasteiger partial charge in [-0.3, -0.25) is 30.3 Å². The lowest BCUT2D eigenvalue weighted by Gasteiger charge is -2.06. The molecule has 0 atom stereocenters. The molecular formula is C8H5N3O10. The molecule has 0 aliphatic heterocycles. The number of nitro groups is 3. The molecule has 0 amide bonds. The van der Waals surface area contributed by atoms with E-state index < -0.39 is 55.9 Å². The SMILES string of the molecule is O=C(O)COc1cc([N+](=O)[O-])c([N+](=O)[O-])c([N+](=O)[O-])c1O. The number of nitrogens with zero attached hydrogens (tertiary/aromatic N) is 3. The fourth-order valence-corrected chi connectivity index (χ4v) is 1.35. The average Bonchev–Trinajstić information content (AvgIpc) is 2.35. The lowest BCUT2D eigenvalue weighted by Crippen LogP contribution is -2.10. The van der Waals surface area contributed by atoms with Crippen LogP contribution in [-0.2, 0) is 4.79 Å². The van der Waals surface area contributed by atoms with E-state index >= 15 is 0 Å². The highest BCUT2D eigenvalue weighted by Crippen LogP contribution is 2.48. The molecule has 0 heterocycles. The topological polar surface area (TPSA) is 196 Å². The molecule has 21 heavy (non-hydrogen) atoms. The molecule has 0 spiro atoms. The van der Waals surface area contributed by atoms with Crippen LogP contribution in [0.25, 0.3) is 0 Å². The van der Waals surface area contributed by atoms with E-state index in [1.165, 1.54) is 0 Å². The van der Waals surface area contributed by atoms with Crippen LogP contribution in [-0.4, -0.2) is 37.6 Å². The minimum atomic E-state index is -1.56. The molecule has 1 rings (SSSR count). The molecule has 0 aliphatic rings. The Hall–Kier alpha value is -3.51. The van der Waals surface area contributed by atoms with Crippen molar-refractivity contribution in [3.8, 4) is 11.5 Å². The number of hydrogen-bond donors (Lipinski definition) is 2. The van der Waals surface area contributed by atoms with Crippen molar-refractivity contribution >= 4 is 23.0 Å². The molecule has 0 fully saturated rings. The maximum atomic E-state index is 10.8. The Morgan fingerprint density at radius 3 is 2.00 bits per heavy atom. The Bertz CT molecular complexity index is 654. The van der Waals surface area contributed by atoms with Gasteiger partial charge in [-0.05, 0) is 0 Å². The van der Waals surface area contributed by atoms with Gasteiger partial charge in [0.05, 0.1) is 20.8 Å². The zero-order chi connectivity index (χ0) is 16.3. The van der Waals surface area contributed by atoms with Crippen LogP contribution >= 0.6 is 0 Å². The second-order valence-corrected chi connectivity index (χ2v) is 3.39. The maximum absolute atomic E-state index is 10.8. The highest BCUT2D eigenvalue weighted by Gasteiger charge is 2.42. The van der Waals surface area contributed by atoms with E-state index in [-0.39, 0.29) is 0 Å². The van der Waals surface area contributed by atoms with Gasteiger partial charge in [0.1, 0.15) is 0 Å². The fraction of sp³-hybridized carbons (Fsp3) is 0.125. The summed E-state index contributed by atoms with van der Waals surface area (Å²) in [5, 5.41) is 50.1. The summed E-state index contributed by atoms with van der Waals surface area (Å²) in [6, 6.07) is 0.337. The fourth-order valence-electron chi connectivity index (χ4n) is 1.35. The Morgan fingerprint density at radius 1 is 1.10 bits per heavy atom. The standard InChI is InChI=1S/C8H5N3O10/c12-5(13)2-21-4-1-3(9(15)16)6(10(17)18)7(8(4)14)11(19)20/h1,14H,2H2,(H,12,13). The first-order valence-electron chi connectivity index (χ1n) is 4.84. The number of carboxylic acids is 1. The number of aromatic hydroxyl groups is 1. The molecule has 2 N–H and O–H groups in total. The predicted molar refractivity (Wildman–Crippen MR) is 61.2 cm³/mol. The molecule has 0 bridgehead atoms. The van der Waals surface area contributed by atoms with Gasteiger partial charge in [-0.1, -0.05) is 0 Å². The molecule has 1 aromatic carbocycles. The van der Waals surface area contributed by atoms with Gasteiger partial charge in [-0.15, -0.1) is 0 Å². The zero-order valence-corrected chi connectivity index (χ0v) is 9.79. The number of phenols is 1. The maximum Gasteiger partial charge on any atom is 0.426 e. The molecule has 0 saturated heterocycles. The van der Waals surface area contributed by atoms with Gasteiger partial charge < -0.3 is 14.9 Å². The summed E-state index contributed by atoms with van der Waals surface area (Å²) >= 11 is 0. The van der Waals surface area contributed by atoms with Crippen molar-refractivity contribution in [2.24, 2.45) is 0 Å². The van der Waals surface area contributed by atoms with Gasteiger partial charge in [0.2, 0.25) is 5.75 Å². The van der Waals surface area contributed by atoms with Gasteiger partial charge in [0.15, 0.2) is 12.4 Å². The van der Waals surface area contributed by atoms with Crippen LogP contribution in [0.2, 0.25) is 0 Å². The van der Waals surface area contributed by atoms with E-state index in [4.69, 9.17) is 5.11 Å². The Morgan fingerprint density at radius 2 is 1.62 bits per heavy atom. The number of nitro benzene ring substituents is 3. The van der Waals surface area contributed by atoms with Crippen molar-refractivity contribution < 1.29 is 34.5 Å². The molecule has 0 aliphatic carbocycles. The third-order valence-electron chi connectivity index (χ3n) is 2.11. The van der Waals surface area contributed by atoms with Crippen LogP contribution in [0.3, 0.4) is 0 Å². The van der Waals surface area contributed by atoms with Crippen LogP contribution in [0.15, 0.2) is 6.07 Å². The zero-order valence-electron chi connectivity index (χ0n) is 9.79. The number of rotatable bonds is 6. The first kappa shape index (κ1) is 15.5. The summed E-state index contributed by atoms with van der Waals surface area (Å²) in [6.07, 6.45) is 0. The minimum absolute atomic E-state index is 0.337. The third-order valence-corrected chi connectivity index (χ3v) is 2.11. The van der Waals surface area contributed by atoms with Crippen LogP contribution in [0, 0.1) is 30.3 Å². The summed E-state index contributed by atoms with van der Waals surface area (Å²) in [6.45, 7) is -1.07. The lowest BCUT2D eigenvalue weighted by molar-refractivity contribution is -0.441. The molecule has 13 nitrogen and oxygen atoms in total. The van der Waals surface area contributed by atoms with Gasteiger partial charge >= 0.3 is 23.0 Å². The largest absolute Gasteiger partial charge is 0.499 e. The Kier molecular flexibility index (Phi) is 4.17. The van der Waals surface area contributed by atoms with Crippen molar-refractivity contribution in [1.29, 1.82) is 0 Å². The monoisotopic (exact) mass is 303 g/mol. The molecule has 0 radical (unpaired) electrons. The summed E-state index contributed by atoms with van der Waals surface area (Å²) in [4.78, 5) is 38.4. The quantitative estimate of drug-likeness (QED) is 0.553. The predicted octanol–water partition coefficient (Wildman–Crippen LogP) is 0.580. The number of hydrogen-bond acceptors (Lipinski definition) is 9. The number of phenolic OH excluding ortho intramolecular Hbond substituents is 1. The second-order valence-electron chi connectivity index (χ2n) is 3.39. The number of carbonyl (C=O) groups is 1. The van der Waals surface area contributed by atoms with Crippen molar-refractivity contribution in [3.05, 3.63) is 36.4 Å². The third kappa shape index (κ3) is 3.09. The van der Waals surface area contributed by atoms with Gasteiger partial charge in [0.25, 0.3) is 0 Å². The van der Waals surface area contributed by atoms with Crippen LogP contribution in [0.5, 0.6) is 11.5 Å². The highest BCUT2D eigenvalue weighted by molar-refractivity contribution is 5.76. The number of benzene rings is 1. The summed E-state index contributed by atoms with van der Waals surface area (Å²) in [7, 11) is 0. The smallest absolute Gasteiger partial charge is 0.426 e. The Labute approximate surface area is 113 Å². The number of aliphatic carboxylic acids is 1. The van der Waals surface area contributed by atoms with E-state index in [1.807, 2.05) is 0 Å². The van der Waals surface area contributed by atoms with E-state index in [0.29, 0.717) is 6.07 Å². The normalized spacial score (nSPS) is 9.90. The highest BCUT2D eigenvalue weighted by atomic mass is 16.6. The molecule has 1 aromatic rings. The number of carboxylic acid groups (broad SMARTS) is 1. The first-order valence-corrected chi connectivity index (χ1v) is 4.84. The van der Waals surface area contributed by atoms with E-state index in [2.05, 4.69) is 4.74 Å². The van der Waals surface area contributed by atoms with E-state index in [0.717, 1.165) is 0 Å². The van der Waals surface area contributed by atoms with Crippen molar-refractivity contribution in [2.45, 2.75) is 0 Å². The van der Waals surface area contributed by atoms with Gasteiger partial charge in [0, 0.05) is 0 Å². The van der Waals surface area contributed by atoms with E-state index in [9.17, 15) is 40.2 Å².